The van der Waals surface area contributed by atoms with E-state index in [9.17, 15) is 4.79 Å². The summed E-state index contributed by atoms with van der Waals surface area (Å²) < 4.78 is 22.1. The third-order valence-electron chi connectivity index (χ3n) is 4.14. The van der Waals surface area contributed by atoms with Crippen molar-refractivity contribution >= 4 is 5.97 Å². The number of ether oxygens (including phenoxy) is 4. The molecule has 0 atom stereocenters. The molecule has 0 aliphatic carbocycles. The second-order valence-corrected chi connectivity index (χ2v) is 6.05. The number of methoxy groups -OCH3 is 2. The van der Waals surface area contributed by atoms with Crippen LogP contribution in [0, 0.1) is 0 Å². The highest BCUT2D eigenvalue weighted by atomic mass is 16.5. The van der Waals surface area contributed by atoms with Crippen LogP contribution < -0.4 is 14.2 Å². The fourth-order valence-electron chi connectivity index (χ4n) is 2.68. The van der Waals surface area contributed by atoms with Crippen molar-refractivity contribution in [3.8, 4) is 17.2 Å². The van der Waals surface area contributed by atoms with E-state index in [0.29, 0.717) is 29.4 Å². The highest BCUT2D eigenvalue weighted by Crippen LogP contribution is 2.39. The predicted octanol–water partition coefficient (Wildman–Crippen LogP) is 4.64. The molecule has 0 N–H and O–H groups in total. The van der Waals surface area contributed by atoms with Gasteiger partial charge in [-0.15, -0.1) is 0 Å². The van der Waals surface area contributed by atoms with Gasteiger partial charge in [0.15, 0.2) is 11.5 Å². The summed E-state index contributed by atoms with van der Waals surface area (Å²) in [4.78, 5) is 12.5. The van der Waals surface area contributed by atoms with Crippen LogP contribution in [0.15, 0.2) is 72.8 Å². The molecule has 0 amide bonds. The predicted molar refractivity (Wildman–Crippen MR) is 106 cm³/mol. The van der Waals surface area contributed by atoms with Crippen molar-refractivity contribution in [2.24, 2.45) is 0 Å². The van der Waals surface area contributed by atoms with Gasteiger partial charge < -0.3 is 18.9 Å². The van der Waals surface area contributed by atoms with Crippen LogP contribution in [0.4, 0.5) is 0 Å². The summed E-state index contributed by atoms with van der Waals surface area (Å²) in [6.45, 7) is 0.544. The van der Waals surface area contributed by atoms with Gasteiger partial charge in [0.2, 0.25) is 5.75 Å². The van der Waals surface area contributed by atoms with E-state index in [1.54, 1.807) is 12.1 Å². The van der Waals surface area contributed by atoms with Crippen LogP contribution in [0.5, 0.6) is 17.2 Å². The zero-order valence-electron chi connectivity index (χ0n) is 15.9. The average molecular weight is 378 g/mol. The summed E-state index contributed by atoms with van der Waals surface area (Å²) in [5, 5.41) is 0. The van der Waals surface area contributed by atoms with E-state index in [4.69, 9.17) is 18.9 Å². The molecule has 3 aromatic carbocycles. The fraction of sp³-hybridized carbons (Fsp3) is 0.174. The number of carbonyl (C=O) groups is 1. The zero-order chi connectivity index (χ0) is 19.8. The summed E-state index contributed by atoms with van der Waals surface area (Å²) in [6, 6.07) is 22.5. The number of benzene rings is 3. The molecular weight excluding hydrogens is 356 g/mol. The fourth-order valence-corrected chi connectivity index (χ4v) is 2.68. The molecule has 0 aliphatic heterocycles. The van der Waals surface area contributed by atoms with Gasteiger partial charge in [0.05, 0.1) is 19.8 Å². The standard InChI is InChI=1S/C23H22O5/c1-25-20-13-19(23(24)28-16-18-11-7-4-8-12-18)14-21(26-2)22(20)27-15-17-9-5-3-6-10-17/h3-14H,15-16H2,1-2H3. The average Bonchev–Trinajstić information content (AvgIpc) is 2.76. The van der Waals surface area contributed by atoms with E-state index < -0.39 is 5.97 Å². The third-order valence-corrected chi connectivity index (χ3v) is 4.14. The Balaban J connectivity index is 1.76. The smallest absolute Gasteiger partial charge is 0.338 e. The zero-order valence-corrected chi connectivity index (χ0v) is 15.9. The normalized spacial score (nSPS) is 10.2. The number of hydrogen-bond donors (Lipinski definition) is 0. The van der Waals surface area contributed by atoms with Crippen LogP contribution in [-0.2, 0) is 18.0 Å². The molecule has 3 rings (SSSR count). The minimum atomic E-state index is -0.463. The number of hydrogen-bond acceptors (Lipinski definition) is 5. The van der Waals surface area contributed by atoms with Gasteiger partial charge in [0.1, 0.15) is 13.2 Å². The quantitative estimate of drug-likeness (QED) is 0.535. The minimum Gasteiger partial charge on any atom is -0.493 e. The first-order valence-corrected chi connectivity index (χ1v) is 8.85. The molecule has 0 saturated carbocycles. The first kappa shape index (κ1) is 19.3. The summed E-state index contributed by atoms with van der Waals surface area (Å²) in [7, 11) is 3.03. The summed E-state index contributed by atoms with van der Waals surface area (Å²) in [6.07, 6.45) is 0. The molecule has 5 heteroatoms. The van der Waals surface area contributed by atoms with Gasteiger partial charge in [-0.2, -0.15) is 0 Å². The SMILES string of the molecule is COc1cc(C(=O)OCc2ccccc2)cc(OC)c1OCc1ccccc1. The van der Waals surface area contributed by atoms with Crippen LogP contribution >= 0.6 is 0 Å². The second kappa shape index (κ2) is 9.46. The molecule has 28 heavy (non-hydrogen) atoms. The highest BCUT2D eigenvalue weighted by molar-refractivity contribution is 5.91. The van der Waals surface area contributed by atoms with E-state index in [1.807, 2.05) is 60.7 Å². The Morgan fingerprint density at radius 2 is 1.25 bits per heavy atom. The van der Waals surface area contributed by atoms with Crippen molar-refractivity contribution in [3.05, 3.63) is 89.5 Å². The van der Waals surface area contributed by atoms with E-state index in [1.165, 1.54) is 14.2 Å². The van der Waals surface area contributed by atoms with Crippen LogP contribution in [-0.4, -0.2) is 20.2 Å². The van der Waals surface area contributed by atoms with Crippen LogP contribution in [0.3, 0.4) is 0 Å². The van der Waals surface area contributed by atoms with Crippen molar-refractivity contribution in [1.82, 2.24) is 0 Å². The van der Waals surface area contributed by atoms with E-state index >= 15 is 0 Å². The van der Waals surface area contributed by atoms with Gasteiger partial charge in [-0.25, -0.2) is 4.79 Å². The molecule has 0 bridgehead atoms. The van der Waals surface area contributed by atoms with Gasteiger partial charge in [0.25, 0.3) is 0 Å². The summed E-state index contributed by atoms with van der Waals surface area (Å²) >= 11 is 0. The van der Waals surface area contributed by atoms with Crippen molar-refractivity contribution in [2.75, 3.05) is 14.2 Å². The Morgan fingerprint density at radius 1 is 0.750 bits per heavy atom. The Labute approximate surface area is 164 Å². The Morgan fingerprint density at radius 3 is 1.75 bits per heavy atom. The van der Waals surface area contributed by atoms with Gasteiger partial charge in [-0.1, -0.05) is 60.7 Å². The second-order valence-electron chi connectivity index (χ2n) is 6.05. The van der Waals surface area contributed by atoms with Crippen molar-refractivity contribution in [3.63, 3.8) is 0 Å². The van der Waals surface area contributed by atoms with Crippen molar-refractivity contribution in [1.29, 1.82) is 0 Å². The lowest BCUT2D eigenvalue weighted by atomic mass is 10.1. The monoisotopic (exact) mass is 378 g/mol. The Kier molecular flexibility index (Phi) is 6.52. The lowest BCUT2D eigenvalue weighted by Gasteiger charge is -2.16. The van der Waals surface area contributed by atoms with E-state index in [-0.39, 0.29) is 6.61 Å². The van der Waals surface area contributed by atoms with Crippen LogP contribution in [0.2, 0.25) is 0 Å². The van der Waals surface area contributed by atoms with Crippen LogP contribution in [0.25, 0.3) is 0 Å². The van der Waals surface area contributed by atoms with Gasteiger partial charge in [0, 0.05) is 0 Å². The molecule has 3 aromatic rings. The lowest BCUT2D eigenvalue weighted by Crippen LogP contribution is -2.07. The molecule has 0 spiro atoms. The molecule has 144 valence electrons. The molecule has 0 aliphatic rings. The molecule has 0 fully saturated rings. The maximum Gasteiger partial charge on any atom is 0.338 e. The van der Waals surface area contributed by atoms with E-state index in [2.05, 4.69) is 0 Å². The lowest BCUT2D eigenvalue weighted by molar-refractivity contribution is 0.0471. The Hall–Kier alpha value is -3.47. The molecule has 0 radical (unpaired) electrons. The van der Waals surface area contributed by atoms with Gasteiger partial charge >= 0.3 is 5.97 Å². The number of carbonyl (C=O) groups excluding carboxylic acids is 1. The van der Waals surface area contributed by atoms with Gasteiger partial charge in [-0.05, 0) is 23.3 Å². The number of rotatable bonds is 8. The maximum absolute atomic E-state index is 12.5. The first-order chi connectivity index (χ1) is 13.7. The molecule has 0 aromatic heterocycles. The minimum absolute atomic E-state index is 0.191. The third kappa shape index (κ3) is 4.82. The maximum atomic E-state index is 12.5. The topological polar surface area (TPSA) is 54.0 Å². The Bertz CT molecular complexity index is 882. The largest absolute Gasteiger partial charge is 0.493 e. The summed E-state index contributed by atoms with van der Waals surface area (Å²) in [5.74, 6) is 0.785. The number of esters is 1. The summed E-state index contributed by atoms with van der Waals surface area (Å²) in [5.41, 5.74) is 2.26. The highest BCUT2D eigenvalue weighted by Gasteiger charge is 2.19. The van der Waals surface area contributed by atoms with Crippen LogP contribution in [0.1, 0.15) is 21.5 Å². The van der Waals surface area contributed by atoms with Crippen molar-refractivity contribution < 1.29 is 23.7 Å². The molecule has 0 unspecified atom stereocenters. The first-order valence-electron chi connectivity index (χ1n) is 8.85. The molecular formula is C23H22O5. The van der Waals surface area contributed by atoms with E-state index in [0.717, 1.165) is 11.1 Å². The molecule has 0 heterocycles. The molecule has 5 nitrogen and oxygen atoms in total. The van der Waals surface area contributed by atoms with Crippen molar-refractivity contribution in [2.45, 2.75) is 13.2 Å². The molecule has 0 saturated heterocycles. The van der Waals surface area contributed by atoms with Gasteiger partial charge in [-0.3, -0.25) is 0 Å².